The molecular weight excluding hydrogens is 560 g/mol. The summed E-state index contributed by atoms with van der Waals surface area (Å²) in [5, 5.41) is 12.0. The van der Waals surface area contributed by atoms with E-state index in [1.807, 2.05) is 74.2 Å². The molecule has 0 radical (unpaired) electrons. The summed E-state index contributed by atoms with van der Waals surface area (Å²) in [6.45, 7) is 6.17. The van der Waals surface area contributed by atoms with Gasteiger partial charge >= 0.3 is 6.09 Å². The molecule has 11 heteroatoms. The van der Waals surface area contributed by atoms with E-state index < -0.39 is 47.2 Å². The maximum absolute atomic E-state index is 14.3. The van der Waals surface area contributed by atoms with Crippen molar-refractivity contribution in [3.05, 3.63) is 90.0 Å². The molecule has 4 rings (SSSR count). The minimum atomic E-state index is -1.58. The van der Waals surface area contributed by atoms with Crippen molar-refractivity contribution < 1.29 is 24.2 Å². The summed E-state index contributed by atoms with van der Waals surface area (Å²) in [5.41, 5.74) is 12.7. The van der Waals surface area contributed by atoms with Crippen LogP contribution in [0.3, 0.4) is 0 Å². The zero-order chi connectivity index (χ0) is 31.9. The van der Waals surface area contributed by atoms with Crippen LogP contribution in [0.1, 0.15) is 56.9 Å². The Labute approximate surface area is 258 Å². The van der Waals surface area contributed by atoms with Crippen molar-refractivity contribution in [3.63, 3.8) is 0 Å². The van der Waals surface area contributed by atoms with E-state index in [-0.39, 0.29) is 25.9 Å². The lowest BCUT2D eigenvalue weighted by Gasteiger charge is -2.51. The second kappa shape index (κ2) is 14.1. The summed E-state index contributed by atoms with van der Waals surface area (Å²) in [7, 11) is 0. The lowest BCUT2D eigenvalue weighted by atomic mass is 9.78. The van der Waals surface area contributed by atoms with Crippen LogP contribution in [-0.4, -0.2) is 78.6 Å². The Hall–Kier alpha value is -4.06. The first-order valence-electron chi connectivity index (χ1n) is 15.0. The number of hydrogen-bond acceptors (Lipinski definition) is 8. The van der Waals surface area contributed by atoms with Gasteiger partial charge in [0.2, 0.25) is 11.8 Å². The third kappa shape index (κ3) is 7.35. The van der Waals surface area contributed by atoms with E-state index in [4.69, 9.17) is 16.2 Å². The average molecular weight is 605 g/mol. The minimum absolute atomic E-state index is 0.0423. The number of ether oxygens (including phenoxy) is 1. The third-order valence-corrected chi connectivity index (χ3v) is 8.31. The van der Waals surface area contributed by atoms with Crippen LogP contribution in [-0.2, 0) is 33.8 Å². The number of primary amides is 1. The Bertz CT molecular complexity index is 1380. The van der Waals surface area contributed by atoms with E-state index in [1.165, 1.54) is 6.33 Å². The fourth-order valence-corrected chi connectivity index (χ4v) is 6.33. The molecule has 236 valence electrons. The monoisotopic (exact) mass is 604 g/mol. The van der Waals surface area contributed by atoms with Gasteiger partial charge < -0.3 is 26.3 Å². The summed E-state index contributed by atoms with van der Waals surface area (Å²) >= 11 is 0. The standard InChI is InChI=1S/C33H44N6O5/c1-32(2,3)38-18-10-17-33(38,30(35)42)28(27(40)16-15-23-11-6-4-7-12-23)39(29(41)26(34)19-25-20-36-22-37-25)31(43)44-21-24-13-8-5-9-14-24/h4-9,11-14,20,22,26-28,40H,10,15-19,21,34H2,1-3H3,(H2,35,42)(H,36,37)/t26-,27?,28?,33+/m0/s1. The molecule has 1 aliphatic heterocycles. The maximum Gasteiger partial charge on any atom is 0.417 e. The number of aromatic nitrogens is 2. The van der Waals surface area contributed by atoms with Crippen molar-refractivity contribution in [2.24, 2.45) is 11.5 Å². The van der Waals surface area contributed by atoms with Crippen molar-refractivity contribution in [2.75, 3.05) is 6.54 Å². The summed E-state index contributed by atoms with van der Waals surface area (Å²) in [5.74, 6) is -1.52. The molecule has 0 saturated carbocycles. The Morgan fingerprint density at radius 3 is 2.30 bits per heavy atom. The van der Waals surface area contributed by atoms with Gasteiger partial charge in [0.1, 0.15) is 12.1 Å². The molecule has 3 amide bonds. The topological polar surface area (TPSA) is 168 Å². The number of likely N-dealkylation sites (tertiary alicyclic amines) is 1. The molecule has 1 saturated heterocycles. The van der Waals surface area contributed by atoms with Crippen molar-refractivity contribution in [1.82, 2.24) is 19.8 Å². The lowest BCUT2D eigenvalue weighted by Crippen LogP contribution is -2.74. The number of aliphatic hydroxyl groups is 1. The van der Waals surface area contributed by atoms with Crippen molar-refractivity contribution in [2.45, 2.75) is 88.7 Å². The zero-order valence-electron chi connectivity index (χ0n) is 25.7. The number of hydrogen-bond donors (Lipinski definition) is 4. The molecule has 0 spiro atoms. The quantitative estimate of drug-likeness (QED) is 0.245. The van der Waals surface area contributed by atoms with Gasteiger partial charge in [-0.3, -0.25) is 14.5 Å². The molecule has 2 unspecified atom stereocenters. The van der Waals surface area contributed by atoms with Crippen LogP contribution in [0.4, 0.5) is 4.79 Å². The Balaban J connectivity index is 1.80. The van der Waals surface area contributed by atoms with Crippen molar-refractivity contribution in [3.8, 4) is 0 Å². The summed E-state index contributed by atoms with van der Waals surface area (Å²) in [6.07, 6.45) is 2.10. The van der Waals surface area contributed by atoms with Gasteiger partial charge in [0.05, 0.1) is 24.5 Å². The first-order valence-corrected chi connectivity index (χ1v) is 15.0. The van der Waals surface area contributed by atoms with Gasteiger partial charge in [-0.25, -0.2) is 14.7 Å². The van der Waals surface area contributed by atoms with Crippen LogP contribution in [0.5, 0.6) is 0 Å². The number of imidazole rings is 1. The molecule has 4 atom stereocenters. The van der Waals surface area contributed by atoms with Gasteiger partial charge in [-0.15, -0.1) is 0 Å². The molecule has 1 aliphatic rings. The molecular formula is C33H44N6O5. The minimum Gasteiger partial charge on any atom is -0.444 e. The third-order valence-electron chi connectivity index (χ3n) is 8.31. The molecule has 1 fully saturated rings. The number of benzene rings is 2. The fraction of sp³-hybridized carbons (Fsp3) is 0.455. The number of aromatic amines is 1. The Kier molecular flexibility index (Phi) is 10.6. The zero-order valence-corrected chi connectivity index (χ0v) is 25.7. The van der Waals surface area contributed by atoms with Crippen molar-refractivity contribution in [1.29, 1.82) is 0 Å². The molecule has 3 aromatic rings. The molecule has 2 aromatic carbocycles. The highest BCUT2D eigenvalue weighted by molar-refractivity contribution is 5.97. The van der Waals surface area contributed by atoms with Gasteiger partial charge in [-0.1, -0.05) is 60.7 Å². The highest BCUT2D eigenvalue weighted by atomic mass is 16.6. The number of amides is 3. The Morgan fingerprint density at radius 2 is 1.73 bits per heavy atom. The lowest BCUT2D eigenvalue weighted by molar-refractivity contribution is -0.152. The molecule has 0 bridgehead atoms. The number of imide groups is 1. The van der Waals surface area contributed by atoms with Crippen molar-refractivity contribution >= 4 is 17.9 Å². The molecule has 1 aromatic heterocycles. The summed E-state index contributed by atoms with van der Waals surface area (Å²) < 4.78 is 5.70. The van der Waals surface area contributed by atoms with Gasteiger partial charge in [0.15, 0.2) is 0 Å². The van der Waals surface area contributed by atoms with E-state index in [2.05, 4.69) is 9.97 Å². The van der Waals surface area contributed by atoms with Crippen LogP contribution in [0.25, 0.3) is 0 Å². The maximum atomic E-state index is 14.3. The number of aryl methyl sites for hydroxylation is 1. The van der Waals surface area contributed by atoms with Crippen LogP contribution in [0.15, 0.2) is 73.2 Å². The van der Waals surface area contributed by atoms with Gasteiger partial charge in [-0.05, 0) is 64.1 Å². The van der Waals surface area contributed by atoms with E-state index >= 15 is 0 Å². The SMILES string of the molecule is CC(C)(C)N1CCC[C@]1(C(N)=O)C(C(O)CCc1ccccc1)N(C(=O)OCc1ccccc1)C(=O)[C@@H](N)Cc1cnc[nH]1. The summed E-state index contributed by atoms with van der Waals surface area (Å²) in [4.78, 5) is 51.8. The molecule has 11 nitrogen and oxygen atoms in total. The van der Waals surface area contributed by atoms with E-state index in [0.717, 1.165) is 10.5 Å². The number of carbonyl (C=O) groups excluding carboxylic acids is 3. The molecule has 2 heterocycles. The first kappa shape index (κ1) is 32.8. The van der Waals surface area contributed by atoms with Crippen LogP contribution >= 0.6 is 0 Å². The average Bonchev–Trinajstić information content (AvgIpc) is 3.69. The number of rotatable bonds is 12. The normalized spacial score (nSPS) is 19.2. The Morgan fingerprint density at radius 1 is 1.09 bits per heavy atom. The number of nitrogens with two attached hydrogens (primary N) is 2. The van der Waals surface area contributed by atoms with E-state index in [0.29, 0.717) is 30.6 Å². The van der Waals surface area contributed by atoms with Crippen LogP contribution in [0.2, 0.25) is 0 Å². The number of H-pyrrole nitrogens is 1. The molecule has 44 heavy (non-hydrogen) atoms. The van der Waals surface area contributed by atoms with Gasteiger partial charge in [-0.2, -0.15) is 0 Å². The predicted octanol–water partition coefficient (Wildman–Crippen LogP) is 2.93. The predicted molar refractivity (Wildman–Crippen MR) is 166 cm³/mol. The first-order chi connectivity index (χ1) is 20.9. The molecule has 6 N–H and O–H groups in total. The molecule has 0 aliphatic carbocycles. The van der Waals surface area contributed by atoms with Gasteiger partial charge in [0, 0.05) is 23.9 Å². The number of aliphatic hydroxyl groups excluding tert-OH is 1. The van der Waals surface area contributed by atoms with Gasteiger partial charge in [0.25, 0.3) is 0 Å². The van der Waals surface area contributed by atoms with E-state index in [9.17, 15) is 19.5 Å². The fourth-order valence-electron chi connectivity index (χ4n) is 6.33. The number of carbonyl (C=O) groups is 3. The second-order valence-corrected chi connectivity index (χ2v) is 12.4. The largest absolute Gasteiger partial charge is 0.444 e. The number of nitrogens with one attached hydrogen (secondary N) is 1. The van der Waals surface area contributed by atoms with Crippen LogP contribution < -0.4 is 11.5 Å². The van der Waals surface area contributed by atoms with Crippen LogP contribution in [0, 0.1) is 0 Å². The smallest absolute Gasteiger partial charge is 0.417 e. The number of nitrogens with zero attached hydrogens (tertiary/aromatic N) is 3. The highest BCUT2D eigenvalue weighted by Gasteiger charge is 2.61. The summed E-state index contributed by atoms with van der Waals surface area (Å²) in [6, 6.07) is 16.0. The highest BCUT2D eigenvalue weighted by Crippen LogP contribution is 2.42. The van der Waals surface area contributed by atoms with E-state index in [1.54, 1.807) is 18.3 Å². The second-order valence-electron chi connectivity index (χ2n) is 12.4.